The Labute approximate surface area is 191 Å². The Morgan fingerprint density at radius 2 is 1.72 bits per heavy atom. The molecular formula is C25H35N3O4. The Morgan fingerprint density at radius 3 is 2.34 bits per heavy atom. The molecular weight excluding hydrogens is 406 g/mol. The highest BCUT2D eigenvalue weighted by Gasteiger charge is 2.23. The molecule has 174 valence electrons. The number of esters is 1. The lowest BCUT2D eigenvalue weighted by Crippen LogP contribution is -2.46. The molecule has 2 N–H and O–H groups in total. The van der Waals surface area contributed by atoms with Crippen molar-refractivity contribution in [1.82, 2.24) is 4.90 Å². The molecule has 32 heavy (non-hydrogen) atoms. The summed E-state index contributed by atoms with van der Waals surface area (Å²) in [7, 11) is 1.52. The predicted molar refractivity (Wildman–Crippen MR) is 128 cm³/mol. The Kier molecular flexibility index (Phi) is 7.85. The first-order chi connectivity index (χ1) is 15.3. The summed E-state index contributed by atoms with van der Waals surface area (Å²) in [5, 5.41) is 0. The Balaban J connectivity index is 1.48. The van der Waals surface area contributed by atoms with Crippen LogP contribution in [0.15, 0.2) is 42.5 Å². The quantitative estimate of drug-likeness (QED) is 0.379. The van der Waals surface area contributed by atoms with Crippen molar-refractivity contribution in [2.24, 2.45) is 0 Å². The third-order valence-electron chi connectivity index (χ3n) is 5.35. The van der Waals surface area contributed by atoms with Crippen molar-refractivity contribution in [3.63, 3.8) is 0 Å². The molecule has 0 aromatic heterocycles. The van der Waals surface area contributed by atoms with Crippen molar-refractivity contribution in [1.29, 1.82) is 0 Å². The van der Waals surface area contributed by atoms with E-state index >= 15 is 0 Å². The molecule has 1 aliphatic heterocycles. The molecule has 0 radical (unpaired) electrons. The Morgan fingerprint density at radius 1 is 1.03 bits per heavy atom. The summed E-state index contributed by atoms with van der Waals surface area (Å²) >= 11 is 0. The largest absolute Gasteiger partial charge is 0.491 e. The van der Waals surface area contributed by atoms with Crippen LogP contribution in [0.25, 0.3) is 0 Å². The van der Waals surface area contributed by atoms with E-state index in [1.807, 2.05) is 26.8 Å². The molecule has 0 saturated carbocycles. The van der Waals surface area contributed by atoms with Gasteiger partial charge in [0.05, 0.1) is 25.0 Å². The van der Waals surface area contributed by atoms with Crippen LogP contribution >= 0.6 is 0 Å². The van der Waals surface area contributed by atoms with Crippen LogP contribution in [0.4, 0.5) is 11.4 Å². The molecule has 7 heteroatoms. The number of nitrogen functional groups attached to an aromatic ring is 1. The lowest BCUT2D eigenvalue weighted by molar-refractivity contribution is 0.00705. The molecule has 2 aromatic carbocycles. The van der Waals surface area contributed by atoms with Gasteiger partial charge in [-0.25, -0.2) is 4.79 Å². The van der Waals surface area contributed by atoms with Crippen LogP contribution in [0.1, 0.15) is 37.6 Å². The monoisotopic (exact) mass is 441 g/mol. The maximum Gasteiger partial charge on any atom is 0.340 e. The number of rotatable bonds is 8. The standard InChI is InChI=1S/C25H35N3O4/c1-25(2,3)32-24(29)20-11-12-21(23(30-4)22(20)26)31-18-8-13-27-14-16-28(17-15-27)19-9-6-5-7-10-19/h5-7,9-12H,8,13-18,26H2,1-4H3. The normalized spacial score (nSPS) is 14.8. The van der Waals surface area contributed by atoms with E-state index in [1.54, 1.807) is 12.1 Å². The highest BCUT2D eigenvalue weighted by atomic mass is 16.6. The zero-order valence-electron chi connectivity index (χ0n) is 19.6. The molecule has 0 aliphatic carbocycles. The fourth-order valence-corrected chi connectivity index (χ4v) is 3.75. The van der Waals surface area contributed by atoms with Gasteiger partial charge in [-0.15, -0.1) is 0 Å². The number of hydrogen-bond donors (Lipinski definition) is 1. The van der Waals surface area contributed by atoms with E-state index in [-0.39, 0.29) is 11.3 Å². The summed E-state index contributed by atoms with van der Waals surface area (Å²) in [5.74, 6) is 0.422. The number of benzene rings is 2. The molecule has 2 aromatic rings. The van der Waals surface area contributed by atoms with E-state index in [4.69, 9.17) is 19.9 Å². The van der Waals surface area contributed by atoms with E-state index in [2.05, 4.69) is 34.1 Å². The van der Waals surface area contributed by atoms with Crippen molar-refractivity contribution in [2.45, 2.75) is 32.8 Å². The predicted octanol–water partition coefficient (Wildman–Crippen LogP) is 3.82. The third-order valence-corrected chi connectivity index (χ3v) is 5.35. The minimum absolute atomic E-state index is 0.233. The van der Waals surface area contributed by atoms with Crippen LogP contribution in [0.5, 0.6) is 11.5 Å². The van der Waals surface area contributed by atoms with E-state index in [9.17, 15) is 4.79 Å². The second kappa shape index (κ2) is 10.6. The average Bonchev–Trinajstić information content (AvgIpc) is 2.76. The molecule has 1 saturated heterocycles. The molecule has 1 heterocycles. The lowest BCUT2D eigenvalue weighted by atomic mass is 10.1. The topological polar surface area (TPSA) is 77.3 Å². The summed E-state index contributed by atoms with van der Waals surface area (Å²) in [6.07, 6.45) is 0.891. The summed E-state index contributed by atoms with van der Waals surface area (Å²) < 4.78 is 16.8. The van der Waals surface area contributed by atoms with Crippen molar-refractivity contribution in [2.75, 3.05) is 57.1 Å². The number of nitrogens with zero attached hydrogens (tertiary/aromatic N) is 2. The molecule has 0 bridgehead atoms. The summed E-state index contributed by atoms with van der Waals surface area (Å²) in [6, 6.07) is 13.9. The van der Waals surface area contributed by atoms with Gasteiger partial charge in [-0.3, -0.25) is 4.90 Å². The van der Waals surface area contributed by atoms with Crippen molar-refractivity contribution < 1.29 is 19.0 Å². The minimum Gasteiger partial charge on any atom is -0.491 e. The second-order valence-electron chi connectivity index (χ2n) is 8.93. The molecule has 7 nitrogen and oxygen atoms in total. The van der Waals surface area contributed by atoms with Gasteiger partial charge in [0, 0.05) is 38.4 Å². The molecule has 3 rings (SSSR count). The van der Waals surface area contributed by atoms with E-state index < -0.39 is 11.6 Å². The van der Waals surface area contributed by atoms with E-state index in [0.717, 1.165) is 39.1 Å². The zero-order valence-corrected chi connectivity index (χ0v) is 19.6. The smallest absolute Gasteiger partial charge is 0.340 e. The molecule has 0 atom stereocenters. The first-order valence-electron chi connectivity index (χ1n) is 11.1. The van der Waals surface area contributed by atoms with Crippen LogP contribution in [0, 0.1) is 0 Å². The number of anilines is 2. The Bertz CT molecular complexity index is 888. The molecule has 0 unspecified atom stereocenters. The molecule has 1 fully saturated rings. The summed E-state index contributed by atoms with van der Waals surface area (Å²) in [4.78, 5) is 17.3. The minimum atomic E-state index is -0.599. The van der Waals surface area contributed by atoms with Crippen molar-refractivity contribution in [3.8, 4) is 11.5 Å². The number of piperazine rings is 1. The fraction of sp³-hybridized carbons (Fsp3) is 0.480. The van der Waals surface area contributed by atoms with Crippen LogP contribution in [0.2, 0.25) is 0 Å². The van der Waals surface area contributed by atoms with Gasteiger partial charge in [-0.1, -0.05) is 18.2 Å². The van der Waals surface area contributed by atoms with Crippen molar-refractivity contribution >= 4 is 17.3 Å². The lowest BCUT2D eigenvalue weighted by Gasteiger charge is -2.36. The number of methoxy groups -OCH3 is 1. The third kappa shape index (κ3) is 6.29. The number of ether oxygens (including phenoxy) is 3. The van der Waals surface area contributed by atoms with Crippen LogP contribution in [0.3, 0.4) is 0 Å². The summed E-state index contributed by atoms with van der Waals surface area (Å²) in [5.41, 5.74) is 7.38. The number of nitrogens with two attached hydrogens (primary N) is 1. The second-order valence-corrected chi connectivity index (χ2v) is 8.93. The van der Waals surface area contributed by atoms with Crippen LogP contribution in [-0.4, -0.2) is 62.9 Å². The number of carbonyl (C=O) groups excluding carboxylic acids is 1. The first-order valence-corrected chi connectivity index (χ1v) is 11.1. The maximum atomic E-state index is 12.4. The molecule has 0 spiro atoms. The van der Waals surface area contributed by atoms with E-state index in [0.29, 0.717) is 18.1 Å². The Hall–Kier alpha value is -2.93. The maximum absolute atomic E-state index is 12.4. The van der Waals surface area contributed by atoms with Gasteiger partial charge in [0.15, 0.2) is 11.5 Å². The van der Waals surface area contributed by atoms with E-state index in [1.165, 1.54) is 12.8 Å². The van der Waals surface area contributed by atoms with Gasteiger partial charge in [-0.05, 0) is 51.5 Å². The van der Waals surface area contributed by atoms with Gasteiger partial charge in [0.1, 0.15) is 5.60 Å². The molecule has 0 amide bonds. The molecule has 1 aliphatic rings. The number of para-hydroxylation sites is 1. The van der Waals surface area contributed by atoms with Gasteiger partial charge in [-0.2, -0.15) is 0 Å². The highest BCUT2D eigenvalue weighted by Crippen LogP contribution is 2.36. The van der Waals surface area contributed by atoms with Gasteiger partial charge in [0.2, 0.25) is 0 Å². The summed E-state index contributed by atoms with van der Waals surface area (Å²) in [6.45, 7) is 11.1. The highest BCUT2D eigenvalue weighted by molar-refractivity contribution is 5.97. The van der Waals surface area contributed by atoms with Crippen molar-refractivity contribution in [3.05, 3.63) is 48.0 Å². The number of carbonyl (C=O) groups is 1. The fourth-order valence-electron chi connectivity index (χ4n) is 3.75. The zero-order chi connectivity index (χ0) is 23.1. The average molecular weight is 442 g/mol. The SMILES string of the molecule is COc1c(OCCCN2CCN(c3ccccc3)CC2)ccc(C(=O)OC(C)(C)C)c1N. The van der Waals surface area contributed by atoms with Gasteiger partial charge in [0.25, 0.3) is 0 Å². The first kappa shape index (κ1) is 23.7. The van der Waals surface area contributed by atoms with Crippen LogP contribution < -0.4 is 20.1 Å². The van der Waals surface area contributed by atoms with Crippen LogP contribution in [-0.2, 0) is 4.74 Å². The van der Waals surface area contributed by atoms with Gasteiger partial charge < -0.3 is 24.8 Å². The number of hydrogen-bond acceptors (Lipinski definition) is 7. The van der Waals surface area contributed by atoms with Gasteiger partial charge >= 0.3 is 5.97 Å².